The monoisotopic (exact) mass is 605 g/mol. The van der Waals surface area contributed by atoms with E-state index in [1.807, 2.05) is 17.5 Å². The van der Waals surface area contributed by atoms with Gasteiger partial charge in [0.05, 0.1) is 29.6 Å². The second-order valence-electron chi connectivity index (χ2n) is 9.90. The molecule has 0 radical (unpaired) electrons. The number of esters is 2. The van der Waals surface area contributed by atoms with Gasteiger partial charge in [-0.25, -0.2) is 9.18 Å². The van der Waals surface area contributed by atoms with Crippen molar-refractivity contribution in [3.8, 4) is 0 Å². The molecule has 0 amide bonds. The molecule has 2 aliphatic rings. The average Bonchev–Trinajstić information content (AvgIpc) is 3.52. The van der Waals surface area contributed by atoms with E-state index in [4.69, 9.17) is 15.2 Å². The van der Waals surface area contributed by atoms with Gasteiger partial charge in [-0.15, -0.1) is 11.3 Å². The van der Waals surface area contributed by atoms with Crippen LogP contribution in [0.4, 0.5) is 15.8 Å². The summed E-state index contributed by atoms with van der Waals surface area (Å²) in [7, 11) is 0. The maximum atomic E-state index is 14.7. The number of halogens is 1. The third-order valence-electron chi connectivity index (χ3n) is 7.48. The number of nitrogens with zero attached hydrogens (tertiary/aromatic N) is 2. The molecule has 43 heavy (non-hydrogen) atoms. The Labute approximate surface area is 250 Å². The number of nitrogens with two attached hydrogens (primary N) is 1. The number of hydrogen-bond donors (Lipinski definition) is 1. The number of nitro groups is 1. The van der Waals surface area contributed by atoms with Crippen molar-refractivity contribution in [1.29, 1.82) is 0 Å². The minimum Gasteiger partial charge on any atom is -0.465 e. The number of nitro benzene ring substituents is 1. The van der Waals surface area contributed by atoms with E-state index in [-0.39, 0.29) is 47.9 Å². The van der Waals surface area contributed by atoms with Crippen molar-refractivity contribution in [3.63, 3.8) is 0 Å². The SMILES string of the molecule is CCOC(=O)C1=C(N)N(c2ccc(F)cc2)C2=C(C(=O)[C@H](C(=O)OCC)[C@H](c3cccs3)C2)[C@H]1c1cccc([N+](=O)[O-])c1. The highest BCUT2D eigenvalue weighted by Gasteiger charge is 2.51. The molecule has 222 valence electrons. The molecule has 0 unspecified atom stereocenters. The normalized spacial score (nSPS) is 20.1. The minimum absolute atomic E-state index is 0.0143. The summed E-state index contributed by atoms with van der Waals surface area (Å²) in [6, 6.07) is 14.6. The first-order valence-electron chi connectivity index (χ1n) is 13.6. The predicted molar refractivity (Wildman–Crippen MR) is 156 cm³/mol. The van der Waals surface area contributed by atoms with Gasteiger partial charge < -0.3 is 15.2 Å². The zero-order chi connectivity index (χ0) is 30.8. The summed E-state index contributed by atoms with van der Waals surface area (Å²) in [5, 5.41) is 13.6. The Morgan fingerprint density at radius 3 is 2.44 bits per heavy atom. The van der Waals surface area contributed by atoms with Gasteiger partial charge in [0.25, 0.3) is 5.69 Å². The number of hydrogen-bond acceptors (Lipinski definition) is 10. The molecule has 5 rings (SSSR count). The summed E-state index contributed by atoms with van der Waals surface area (Å²) in [5.41, 5.74) is 7.43. The molecule has 0 saturated carbocycles. The molecule has 2 aromatic carbocycles. The number of ether oxygens (including phenoxy) is 2. The molecule has 12 heteroatoms. The van der Waals surface area contributed by atoms with Gasteiger partial charge in [-0.2, -0.15) is 0 Å². The van der Waals surface area contributed by atoms with E-state index in [1.165, 1.54) is 58.7 Å². The molecular weight excluding hydrogens is 577 g/mol. The molecule has 3 atom stereocenters. The first-order chi connectivity index (χ1) is 20.7. The quantitative estimate of drug-likeness (QED) is 0.156. The lowest BCUT2D eigenvalue weighted by atomic mass is 9.68. The number of Topliss-reactive ketones (excluding diaryl/α,β-unsaturated/α-hetero) is 1. The van der Waals surface area contributed by atoms with Crippen LogP contribution < -0.4 is 10.6 Å². The zero-order valence-corrected chi connectivity index (χ0v) is 24.1. The van der Waals surface area contributed by atoms with Crippen molar-refractivity contribution >= 4 is 40.4 Å². The van der Waals surface area contributed by atoms with Crippen LogP contribution in [0.2, 0.25) is 0 Å². The smallest absolute Gasteiger partial charge is 0.338 e. The van der Waals surface area contributed by atoms with Crippen LogP contribution in [0.5, 0.6) is 0 Å². The summed E-state index contributed by atoms with van der Waals surface area (Å²) >= 11 is 1.38. The van der Waals surface area contributed by atoms with E-state index >= 15 is 0 Å². The lowest BCUT2D eigenvalue weighted by Gasteiger charge is -2.43. The third kappa shape index (κ3) is 5.41. The summed E-state index contributed by atoms with van der Waals surface area (Å²) in [5.74, 6) is -5.81. The van der Waals surface area contributed by atoms with Crippen molar-refractivity contribution < 1.29 is 33.2 Å². The largest absolute Gasteiger partial charge is 0.465 e. The summed E-state index contributed by atoms with van der Waals surface area (Å²) in [6.45, 7) is 3.28. The Morgan fingerprint density at radius 2 is 1.81 bits per heavy atom. The van der Waals surface area contributed by atoms with E-state index in [0.717, 1.165) is 4.88 Å². The Hall–Kier alpha value is -4.84. The van der Waals surface area contributed by atoms with E-state index in [0.29, 0.717) is 11.4 Å². The molecule has 0 fully saturated rings. The molecule has 2 N–H and O–H groups in total. The number of non-ortho nitro benzene ring substituents is 1. The second-order valence-corrected chi connectivity index (χ2v) is 10.9. The maximum absolute atomic E-state index is 14.7. The molecule has 0 bridgehead atoms. The second kappa shape index (κ2) is 12.2. The fraction of sp³-hybridized carbons (Fsp3) is 0.258. The van der Waals surface area contributed by atoms with Crippen molar-refractivity contribution in [3.05, 3.63) is 115 Å². The molecule has 1 aromatic heterocycles. The number of anilines is 1. The summed E-state index contributed by atoms with van der Waals surface area (Å²) < 4.78 is 24.7. The van der Waals surface area contributed by atoms with Crippen LogP contribution in [0.15, 0.2) is 88.7 Å². The highest BCUT2D eigenvalue weighted by atomic mass is 32.1. The molecule has 0 saturated heterocycles. The van der Waals surface area contributed by atoms with E-state index < -0.39 is 46.2 Å². The fourth-order valence-electron chi connectivity index (χ4n) is 5.75. The number of rotatable bonds is 8. The van der Waals surface area contributed by atoms with Crippen molar-refractivity contribution in [2.24, 2.45) is 11.7 Å². The van der Waals surface area contributed by atoms with E-state index in [9.17, 15) is 28.9 Å². The van der Waals surface area contributed by atoms with Crippen LogP contribution >= 0.6 is 11.3 Å². The minimum atomic E-state index is -1.25. The highest BCUT2D eigenvalue weighted by Crippen LogP contribution is 2.52. The lowest BCUT2D eigenvalue weighted by Crippen LogP contribution is -2.46. The summed E-state index contributed by atoms with van der Waals surface area (Å²) in [4.78, 5) is 55.1. The van der Waals surface area contributed by atoms with Gasteiger partial charge in [0, 0.05) is 39.9 Å². The number of allylic oxidation sites excluding steroid dienone is 2. The Morgan fingerprint density at radius 1 is 1.09 bits per heavy atom. The van der Waals surface area contributed by atoms with Crippen LogP contribution in [0, 0.1) is 21.8 Å². The first kappa shape index (κ1) is 29.6. The number of ketones is 1. The van der Waals surface area contributed by atoms with Gasteiger partial charge in [0.2, 0.25) is 0 Å². The van der Waals surface area contributed by atoms with Crippen LogP contribution in [-0.4, -0.2) is 35.9 Å². The van der Waals surface area contributed by atoms with Gasteiger partial charge in [0.1, 0.15) is 17.6 Å². The molecule has 0 spiro atoms. The number of carbonyl (C=O) groups excluding carboxylic acids is 3. The zero-order valence-electron chi connectivity index (χ0n) is 23.3. The van der Waals surface area contributed by atoms with Crippen LogP contribution in [0.3, 0.4) is 0 Å². The molecule has 1 aliphatic carbocycles. The molecule has 1 aliphatic heterocycles. The predicted octanol–water partition coefficient (Wildman–Crippen LogP) is 5.32. The Kier molecular flexibility index (Phi) is 8.40. The van der Waals surface area contributed by atoms with Gasteiger partial charge in [-0.05, 0) is 61.5 Å². The third-order valence-corrected chi connectivity index (χ3v) is 8.49. The number of benzene rings is 2. The van der Waals surface area contributed by atoms with Crippen LogP contribution in [0.25, 0.3) is 0 Å². The summed E-state index contributed by atoms with van der Waals surface area (Å²) in [6.07, 6.45) is 0.130. The topological polar surface area (TPSA) is 142 Å². The molecular formula is C31H28FN3O7S. The fourth-order valence-corrected chi connectivity index (χ4v) is 6.61. The number of thiophene rings is 1. The molecule has 3 aromatic rings. The van der Waals surface area contributed by atoms with Crippen molar-refractivity contribution in [2.45, 2.75) is 32.1 Å². The van der Waals surface area contributed by atoms with Crippen molar-refractivity contribution in [2.75, 3.05) is 18.1 Å². The lowest BCUT2D eigenvalue weighted by molar-refractivity contribution is -0.384. The Bertz CT molecular complexity index is 1650. The average molecular weight is 606 g/mol. The van der Waals surface area contributed by atoms with Gasteiger partial charge in [0.15, 0.2) is 5.78 Å². The first-order valence-corrected chi connectivity index (χ1v) is 14.5. The molecule has 10 nitrogen and oxygen atoms in total. The van der Waals surface area contributed by atoms with Gasteiger partial charge >= 0.3 is 11.9 Å². The van der Waals surface area contributed by atoms with E-state index in [1.54, 1.807) is 19.9 Å². The van der Waals surface area contributed by atoms with Gasteiger partial charge in [-0.3, -0.25) is 24.6 Å². The Balaban J connectivity index is 1.83. The number of carbonyl (C=O) groups is 3. The van der Waals surface area contributed by atoms with Crippen LogP contribution in [-0.2, 0) is 23.9 Å². The van der Waals surface area contributed by atoms with E-state index in [2.05, 4.69) is 0 Å². The molecule has 2 heterocycles. The maximum Gasteiger partial charge on any atom is 0.338 e. The van der Waals surface area contributed by atoms with Crippen LogP contribution in [0.1, 0.15) is 42.5 Å². The highest BCUT2D eigenvalue weighted by molar-refractivity contribution is 7.10. The van der Waals surface area contributed by atoms with Gasteiger partial charge in [-0.1, -0.05) is 18.2 Å². The van der Waals surface area contributed by atoms with Crippen molar-refractivity contribution in [1.82, 2.24) is 0 Å². The standard InChI is InChI=1S/C31H28FN3O7S/c1-3-41-30(37)25-21(23-9-6-14-43-23)16-22-26(28(25)36)24(17-7-5-8-20(15-17)35(39)40)27(31(38)42-4-2)29(33)34(22)19-12-10-18(32)11-13-19/h5-15,21,24-25H,3-4,16,33H2,1-2H3/t21-,24+,25+/m0/s1.